The maximum atomic E-state index is 11.5. The number of carboxylic acid groups (broad SMARTS) is 1. The summed E-state index contributed by atoms with van der Waals surface area (Å²) in [6.45, 7) is 6.56. The molecule has 0 spiro atoms. The average molecular weight is 257 g/mol. The Hall–Kier alpha value is -1.63. The van der Waals surface area contributed by atoms with E-state index in [1.807, 2.05) is 13.8 Å². The van der Waals surface area contributed by atoms with Crippen molar-refractivity contribution in [2.24, 2.45) is 0 Å². The summed E-state index contributed by atoms with van der Waals surface area (Å²) in [5.74, 6) is -1.10. The molecule has 0 saturated carbocycles. The monoisotopic (exact) mass is 257 g/mol. The van der Waals surface area contributed by atoms with E-state index in [1.165, 1.54) is 25.2 Å². The zero-order valence-corrected chi connectivity index (χ0v) is 10.9. The van der Waals surface area contributed by atoms with Crippen LogP contribution < -0.4 is 10.6 Å². The number of rotatable bonds is 3. The molecule has 0 fully saturated rings. The van der Waals surface area contributed by atoms with Crippen LogP contribution in [0.2, 0.25) is 0 Å². The van der Waals surface area contributed by atoms with Gasteiger partial charge in [-0.1, -0.05) is 0 Å². The fourth-order valence-corrected chi connectivity index (χ4v) is 1.80. The van der Waals surface area contributed by atoms with Gasteiger partial charge in [0.25, 0.3) is 0 Å². The predicted molar refractivity (Wildman–Crippen MR) is 65.5 cm³/mol. The number of hydrogen-bond acceptors (Lipinski definition) is 4. The number of hydrogen-bond donors (Lipinski definition) is 3. The topological polar surface area (TPSA) is 91.3 Å². The lowest BCUT2D eigenvalue weighted by Crippen LogP contribution is -2.51. The Kier molecular flexibility index (Phi) is 3.72. The second-order valence-corrected chi connectivity index (χ2v) is 5.37. The molecule has 0 aliphatic heterocycles. The number of aryl methyl sites for hydroxylation is 2. The van der Waals surface area contributed by atoms with Gasteiger partial charge in [0.1, 0.15) is 5.54 Å². The number of nitrogens with zero attached hydrogens (tertiary/aromatic N) is 1. The van der Waals surface area contributed by atoms with E-state index in [0.29, 0.717) is 5.13 Å². The highest BCUT2D eigenvalue weighted by Crippen LogP contribution is 2.20. The third kappa shape index (κ3) is 3.42. The van der Waals surface area contributed by atoms with Crippen LogP contribution in [0.25, 0.3) is 0 Å². The molecule has 0 bridgehead atoms. The third-order valence-electron chi connectivity index (χ3n) is 2.21. The Bertz CT molecular complexity index is 434. The van der Waals surface area contributed by atoms with Gasteiger partial charge in [-0.05, 0) is 27.7 Å². The van der Waals surface area contributed by atoms with Crippen LogP contribution in [-0.2, 0) is 4.79 Å². The second kappa shape index (κ2) is 4.70. The Morgan fingerprint density at radius 3 is 2.35 bits per heavy atom. The van der Waals surface area contributed by atoms with E-state index in [9.17, 15) is 9.59 Å². The van der Waals surface area contributed by atoms with Crippen LogP contribution in [0.15, 0.2) is 0 Å². The van der Waals surface area contributed by atoms with Crippen molar-refractivity contribution in [3.63, 3.8) is 0 Å². The molecule has 3 N–H and O–H groups in total. The summed E-state index contributed by atoms with van der Waals surface area (Å²) in [5.41, 5.74) is -0.464. The molecule has 0 saturated heterocycles. The minimum absolute atomic E-state index is 0.457. The summed E-state index contributed by atoms with van der Waals surface area (Å²) >= 11 is 1.35. The summed E-state index contributed by atoms with van der Waals surface area (Å²) in [7, 11) is 0. The molecule has 1 aromatic rings. The van der Waals surface area contributed by atoms with Crippen molar-refractivity contribution in [2.75, 3.05) is 5.32 Å². The maximum Gasteiger partial charge on any atom is 0.328 e. The fourth-order valence-electron chi connectivity index (χ4n) is 0.992. The number of nitrogens with one attached hydrogen (secondary N) is 2. The molecule has 94 valence electrons. The quantitative estimate of drug-likeness (QED) is 0.769. The first kappa shape index (κ1) is 13.4. The van der Waals surface area contributed by atoms with E-state index in [2.05, 4.69) is 15.6 Å². The van der Waals surface area contributed by atoms with E-state index in [0.717, 1.165) is 10.6 Å². The molecule has 0 aliphatic carbocycles. The van der Waals surface area contributed by atoms with Crippen LogP contribution in [0.1, 0.15) is 24.4 Å². The molecule has 0 aliphatic rings. The molecule has 6 nitrogen and oxygen atoms in total. The Morgan fingerprint density at radius 1 is 1.35 bits per heavy atom. The van der Waals surface area contributed by atoms with Crippen molar-refractivity contribution >= 4 is 28.5 Å². The molecule has 0 unspecified atom stereocenters. The van der Waals surface area contributed by atoms with Gasteiger partial charge >= 0.3 is 12.0 Å². The van der Waals surface area contributed by atoms with Crippen LogP contribution in [0.3, 0.4) is 0 Å². The first-order valence-electron chi connectivity index (χ1n) is 4.99. The summed E-state index contributed by atoms with van der Waals surface area (Å²) in [5, 5.41) is 14.2. The Balaban J connectivity index is 2.65. The fraction of sp³-hybridized carbons (Fsp3) is 0.500. The van der Waals surface area contributed by atoms with Crippen LogP contribution >= 0.6 is 11.3 Å². The maximum absolute atomic E-state index is 11.5. The standard InChI is InChI=1S/C10H15N3O3S/c1-5-6(2)17-9(11-5)12-8(16)13-10(3,4)7(14)15/h1-4H3,(H,14,15)(H2,11,12,13,16). The largest absolute Gasteiger partial charge is 0.480 e. The number of urea groups is 1. The first-order valence-corrected chi connectivity index (χ1v) is 5.80. The number of anilines is 1. The zero-order chi connectivity index (χ0) is 13.2. The number of thiazole rings is 1. The van der Waals surface area contributed by atoms with Gasteiger partial charge in [0.15, 0.2) is 5.13 Å². The van der Waals surface area contributed by atoms with Crippen LogP contribution in [0, 0.1) is 13.8 Å². The van der Waals surface area contributed by atoms with Crippen molar-refractivity contribution in [3.8, 4) is 0 Å². The van der Waals surface area contributed by atoms with Gasteiger partial charge in [-0.15, -0.1) is 11.3 Å². The summed E-state index contributed by atoms with van der Waals surface area (Å²) in [4.78, 5) is 27.5. The highest BCUT2D eigenvalue weighted by atomic mass is 32.1. The van der Waals surface area contributed by atoms with Crippen molar-refractivity contribution < 1.29 is 14.7 Å². The number of amides is 2. The SMILES string of the molecule is Cc1nc(NC(=O)NC(C)(C)C(=O)O)sc1C. The molecule has 1 rings (SSSR count). The van der Waals surface area contributed by atoms with Crippen LogP contribution in [0.5, 0.6) is 0 Å². The lowest BCUT2D eigenvalue weighted by Gasteiger charge is -2.20. The first-order chi connectivity index (χ1) is 7.72. The number of aliphatic carboxylic acids is 1. The summed E-state index contributed by atoms with van der Waals surface area (Å²) in [6, 6.07) is -0.578. The smallest absolute Gasteiger partial charge is 0.328 e. The molecule has 2 amide bonds. The van der Waals surface area contributed by atoms with Crippen molar-refractivity contribution in [1.29, 1.82) is 0 Å². The van der Waals surface area contributed by atoms with Crippen molar-refractivity contribution in [2.45, 2.75) is 33.2 Å². The van der Waals surface area contributed by atoms with E-state index < -0.39 is 17.5 Å². The molecule has 0 radical (unpaired) electrons. The van der Waals surface area contributed by atoms with E-state index >= 15 is 0 Å². The highest BCUT2D eigenvalue weighted by Gasteiger charge is 2.29. The summed E-state index contributed by atoms with van der Waals surface area (Å²) in [6.07, 6.45) is 0. The molecule has 0 aromatic carbocycles. The van der Waals surface area contributed by atoms with Gasteiger partial charge < -0.3 is 10.4 Å². The number of carboxylic acids is 1. The lowest BCUT2D eigenvalue weighted by atomic mass is 10.1. The van der Waals surface area contributed by atoms with Gasteiger partial charge in [-0.3, -0.25) is 5.32 Å². The molecule has 7 heteroatoms. The molecular formula is C10H15N3O3S. The number of carbonyl (C=O) groups excluding carboxylic acids is 1. The van der Waals surface area contributed by atoms with E-state index in [-0.39, 0.29) is 0 Å². The minimum Gasteiger partial charge on any atom is -0.480 e. The van der Waals surface area contributed by atoms with Crippen molar-refractivity contribution in [3.05, 3.63) is 10.6 Å². The Morgan fingerprint density at radius 2 is 1.94 bits per heavy atom. The van der Waals surface area contributed by atoms with Crippen LogP contribution in [-0.4, -0.2) is 27.6 Å². The highest BCUT2D eigenvalue weighted by molar-refractivity contribution is 7.15. The van der Waals surface area contributed by atoms with Crippen molar-refractivity contribution in [1.82, 2.24) is 10.3 Å². The normalized spacial score (nSPS) is 11.1. The molecule has 1 aromatic heterocycles. The Labute approximate surface area is 103 Å². The van der Waals surface area contributed by atoms with E-state index in [1.54, 1.807) is 0 Å². The molecule has 0 atom stereocenters. The zero-order valence-electron chi connectivity index (χ0n) is 10.1. The number of carbonyl (C=O) groups is 2. The van der Waals surface area contributed by atoms with Gasteiger partial charge in [0, 0.05) is 4.88 Å². The third-order valence-corrected chi connectivity index (χ3v) is 3.20. The molecular weight excluding hydrogens is 242 g/mol. The van der Waals surface area contributed by atoms with Gasteiger partial charge in [0.2, 0.25) is 0 Å². The minimum atomic E-state index is -1.31. The van der Waals surface area contributed by atoms with Gasteiger partial charge in [-0.25, -0.2) is 14.6 Å². The van der Waals surface area contributed by atoms with Crippen LogP contribution in [0.4, 0.5) is 9.93 Å². The molecule has 1 heterocycles. The lowest BCUT2D eigenvalue weighted by molar-refractivity contribution is -0.142. The van der Waals surface area contributed by atoms with E-state index in [4.69, 9.17) is 5.11 Å². The van der Waals surface area contributed by atoms with Gasteiger partial charge in [0.05, 0.1) is 5.69 Å². The number of aromatic nitrogens is 1. The second-order valence-electron chi connectivity index (χ2n) is 4.17. The average Bonchev–Trinajstić information content (AvgIpc) is 2.43. The van der Waals surface area contributed by atoms with Gasteiger partial charge in [-0.2, -0.15) is 0 Å². The predicted octanol–water partition coefficient (Wildman–Crippen LogP) is 1.74. The summed E-state index contributed by atoms with van der Waals surface area (Å²) < 4.78 is 0. The molecule has 17 heavy (non-hydrogen) atoms.